The molecule has 2 fully saturated rings. The zero-order valence-electron chi connectivity index (χ0n) is 14.3. The van der Waals surface area contributed by atoms with Crippen molar-refractivity contribution in [3.8, 4) is 5.75 Å². The summed E-state index contributed by atoms with van der Waals surface area (Å²) in [5.41, 5.74) is 1.39. The Kier molecular flexibility index (Phi) is 5.64. The zero-order valence-corrected chi connectivity index (χ0v) is 18.6. The fourth-order valence-electron chi connectivity index (χ4n) is 3.53. The van der Waals surface area contributed by atoms with Crippen molar-refractivity contribution in [3.05, 3.63) is 21.8 Å². The molecule has 0 aliphatic carbocycles. The van der Waals surface area contributed by atoms with E-state index in [1.807, 2.05) is 0 Å². The van der Waals surface area contributed by atoms with Crippen molar-refractivity contribution in [2.24, 2.45) is 0 Å². The van der Waals surface area contributed by atoms with Crippen LogP contribution in [0.2, 0.25) is 0 Å². The molecule has 0 radical (unpaired) electrons. The third-order valence-electron chi connectivity index (χ3n) is 4.81. The molecule has 0 unspecified atom stereocenters. The van der Waals surface area contributed by atoms with E-state index in [9.17, 15) is 0 Å². The van der Waals surface area contributed by atoms with E-state index in [0.717, 1.165) is 38.6 Å². The van der Waals surface area contributed by atoms with Crippen LogP contribution < -0.4 is 9.64 Å². The monoisotopic (exact) mass is 544 g/mol. The Morgan fingerprint density at radius 1 is 1.30 bits per heavy atom. The molecule has 1 aromatic rings. The fourth-order valence-corrected chi connectivity index (χ4v) is 6.62. The van der Waals surface area contributed by atoms with Crippen molar-refractivity contribution < 1.29 is 9.47 Å². The Bertz CT molecular complexity index is 562. The van der Waals surface area contributed by atoms with E-state index in [0.29, 0.717) is 6.04 Å². The maximum absolute atomic E-state index is 5.71. The summed E-state index contributed by atoms with van der Waals surface area (Å²) in [4.78, 5) is 7.47. The molecule has 2 heterocycles. The minimum atomic E-state index is -1.00. The number of hydrogen-bond acceptors (Lipinski definition) is 4. The second-order valence-electron chi connectivity index (χ2n) is 6.84. The van der Waals surface area contributed by atoms with Crippen LogP contribution in [0.3, 0.4) is 0 Å². The summed E-state index contributed by atoms with van der Waals surface area (Å²) in [5.74, 6) is 1.03. The molecule has 0 saturated carbocycles. The molecule has 0 atom stereocenters. The van der Waals surface area contributed by atoms with Gasteiger partial charge in [0.1, 0.15) is 0 Å². The summed E-state index contributed by atoms with van der Waals surface area (Å²) in [6.07, 6.45) is 0. The Morgan fingerprint density at radius 2 is 2.04 bits per heavy atom. The molecule has 0 bridgehead atoms. The van der Waals surface area contributed by atoms with Gasteiger partial charge in [-0.05, 0) is 0 Å². The van der Waals surface area contributed by atoms with Crippen molar-refractivity contribution in [1.29, 1.82) is 0 Å². The van der Waals surface area contributed by atoms with Crippen LogP contribution in [0.4, 0.5) is 5.69 Å². The second kappa shape index (κ2) is 7.21. The molecular formula is C17H26I2N2O2. The fraction of sp³-hybridized carbons (Fsp3) is 0.647. The second-order valence-corrected chi connectivity index (χ2v) is 18.6. The maximum atomic E-state index is 5.71. The number of anilines is 1. The molecule has 6 heteroatoms. The van der Waals surface area contributed by atoms with Gasteiger partial charge in [0.25, 0.3) is 0 Å². The van der Waals surface area contributed by atoms with Crippen molar-refractivity contribution >= 4 is 40.1 Å². The van der Waals surface area contributed by atoms with E-state index < -0.39 is 15.8 Å². The Morgan fingerprint density at radius 3 is 2.57 bits per heavy atom. The molecule has 2 aliphatic heterocycles. The molecule has 0 aromatic heterocycles. The van der Waals surface area contributed by atoms with E-state index in [4.69, 9.17) is 9.47 Å². The summed E-state index contributed by atoms with van der Waals surface area (Å²) in [7, 11) is 1.79. The zero-order chi connectivity index (χ0) is 16.6. The molecule has 130 valence electrons. The van der Waals surface area contributed by atoms with Gasteiger partial charge in [0, 0.05) is 0 Å². The van der Waals surface area contributed by atoms with E-state index >= 15 is 0 Å². The molecule has 2 aliphatic rings. The number of hydrogen-bond donors (Lipinski definition) is 0. The standard InChI is InChI=1S/C17H26I2N2O2/c1-17(2)12-20(7-8-21(17)14-10-23-11-14)15-6-5-13(19(3)18)9-16(15)22-4/h5-6,9,14H,7-8,10-12H2,1-4H3. The Hall–Kier alpha value is 0.200. The van der Waals surface area contributed by atoms with Crippen molar-refractivity contribution in [2.75, 3.05) is 49.8 Å². The van der Waals surface area contributed by atoms with Crippen molar-refractivity contribution in [3.63, 3.8) is 0 Å². The van der Waals surface area contributed by atoms with Crippen molar-refractivity contribution in [1.82, 2.24) is 4.90 Å². The van der Waals surface area contributed by atoms with Gasteiger partial charge < -0.3 is 0 Å². The molecule has 0 N–H and O–H groups in total. The first kappa shape index (κ1) is 18.0. The number of halogens is 2. The molecule has 0 spiro atoms. The van der Waals surface area contributed by atoms with Gasteiger partial charge in [-0.15, -0.1) is 0 Å². The SMILES string of the molecule is COc1cc(I(C)I)ccc1N1CCN(C2COC2)C(C)(C)C1. The van der Waals surface area contributed by atoms with Gasteiger partial charge in [0.2, 0.25) is 0 Å². The molecule has 2 saturated heterocycles. The van der Waals surface area contributed by atoms with Crippen molar-refractivity contribution in [2.45, 2.75) is 25.4 Å². The molecule has 4 nitrogen and oxygen atoms in total. The first-order chi connectivity index (χ1) is 10.9. The number of ether oxygens (including phenoxy) is 2. The Balaban J connectivity index is 1.80. The van der Waals surface area contributed by atoms with Crippen LogP contribution in [-0.4, -0.2) is 61.4 Å². The molecule has 3 rings (SSSR count). The van der Waals surface area contributed by atoms with Gasteiger partial charge in [-0.1, -0.05) is 0 Å². The van der Waals surface area contributed by atoms with Crippen LogP contribution in [0.1, 0.15) is 13.8 Å². The minimum absolute atomic E-state index is 0.156. The summed E-state index contributed by atoms with van der Waals surface area (Å²) >= 11 is 1.60. The van der Waals surface area contributed by atoms with Gasteiger partial charge in [-0.2, -0.15) is 0 Å². The number of methoxy groups -OCH3 is 1. The summed E-state index contributed by atoms with van der Waals surface area (Å²) in [6.45, 7) is 9.63. The number of nitrogens with zero attached hydrogens (tertiary/aromatic N) is 2. The summed E-state index contributed by atoms with van der Waals surface area (Å²) in [5, 5.41) is 0. The van der Waals surface area contributed by atoms with E-state index in [2.05, 4.69) is 65.4 Å². The average Bonchev–Trinajstić information content (AvgIpc) is 2.46. The van der Waals surface area contributed by atoms with Crippen LogP contribution in [0.5, 0.6) is 5.75 Å². The topological polar surface area (TPSA) is 24.9 Å². The Labute approximate surface area is 156 Å². The van der Waals surface area contributed by atoms with Crippen LogP contribution >= 0.6 is 34.5 Å². The third kappa shape index (κ3) is 3.74. The van der Waals surface area contributed by atoms with E-state index in [1.54, 1.807) is 7.11 Å². The van der Waals surface area contributed by atoms with Crippen LogP contribution in [-0.2, 0) is 4.74 Å². The quantitative estimate of drug-likeness (QED) is 0.427. The first-order valence-electron chi connectivity index (χ1n) is 7.96. The van der Waals surface area contributed by atoms with Crippen LogP contribution in [0.15, 0.2) is 18.2 Å². The summed E-state index contributed by atoms with van der Waals surface area (Å²) < 4.78 is 12.6. The normalized spacial score (nSPS) is 22.7. The predicted molar refractivity (Wildman–Crippen MR) is 113 cm³/mol. The van der Waals surface area contributed by atoms with E-state index in [-0.39, 0.29) is 5.54 Å². The van der Waals surface area contributed by atoms with E-state index in [1.165, 1.54) is 9.26 Å². The van der Waals surface area contributed by atoms with Gasteiger partial charge in [-0.25, -0.2) is 0 Å². The number of rotatable bonds is 4. The number of alkyl halides is 1. The third-order valence-corrected chi connectivity index (χ3v) is 10.4. The molecular weight excluding hydrogens is 518 g/mol. The first-order valence-corrected chi connectivity index (χ1v) is 17.5. The average molecular weight is 544 g/mol. The van der Waals surface area contributed by atoms with Gasteiger partial charge >= 0.3 is 157 Å². The molecule has 23 heavy (non-hydrogen) atoms. The molecule has 0 amide bonds. The van der Waals surface area contributed by atoms with Crippen LogP contribution in [0, 0.1) is 3.57 Å². The van der Waals surface area contributed by atoms with Gasteiger partial charge in [0.15, 0.2) is 0 Å². The molecule has 1 aromatic carbocycles. The summed E-state index contributed by atoms with van der Waals surface area (Å²) in [6, 6.07) is 7.42. The number of benzene rings is 1. The van der Waals surface area contributed by atoms with Crippen LogP contribution in [0.25, 0.3) is 0 Å². The number of piperazine rings is 1. The van der Waals surface area contributed by atoms with Gasteiger partial charge in [-0.3, -0.25) is 0 Å². The van der Waals surface area contributed by atoms with Gasteiger partial charge in [0.05, 0.1) is 0 Å². The predicted octanol–water partition coefficient (Wildman–Crippen LogP) is 3.65.